The standard InChI is InChI=1S/C25H21N3O2/c29-24-23(14-20-15-26-22-9-5-4-8-21(20)22)27-25(30)28(24)16-17-10-12-19(13-11-17)18-6-2-1-3-7-18/h1-13,15,23,26H,14,16H2,(H,27,30)/t23-/m0/s1. The van der Waals surface area contributed by atoms with Crippen LogP contribution in [0.1, 0.15) is 11.1 Å². The molecule has 0 spiro atoms. The fraction of sp³-hybridized carbons (Fsp3) is 0.120. The van der Waals surface area contributed by atoms with Crippen molar-refractivity contribution in [3.05, 3.63) is 96.2 Å². The Morgan fingerprint density at radius 1 is 0.800 bits per heavy atom. The van der Waals surface area contributed by atoms with E-state index in [9.17, 15) is 9.59 Å². The van der Waals surface area contributed by atoms with Gasteiger partial charge in [0.05, 0.1) is 6.54 Å². The number of hydrogen-bond acceptors (Lipinski definition) is 2. The number of aromatic nitrogens is 1. The maximum Gasteiger partial charge on any atom is 0.325 e. The zero-order valence-electron chi connectivity index (χ0n) is 16.3. The topological polar surface area (TPSA) is 65.2 Å². The van der Waals surface area contributed by atoms with Crippen molar-refractivity contribution in [3.63, 3.8) is 0 Å². The van der Waals surface area contributed by atoms with E-state index in [0.717, 1.165) is 33.2 Å². The van der Waals surface area contributed by atoms with Crippen LogP contribution in [-0.2, 0) is 17.8 Å². The second-order valence-corrected chi connectivity index (χ2v) is 7.55. The van der Waals surface area contributed by atoms with Crippen LogP contribution in [0.25, 0.3) is 22.0 Å². The van der Waals surface area contributed by atoms with Crippen molar-refractivity contribution in [1.29, 1.82) is 0 Å². The smallest absolute Gasteiger partial charge is 0.325 e. The molecule has 1 aromatic heterocycles. The first-order chi connectivity index (χ1) is 14.7. The highest BCUT2D eigenvalue weighted by molar-refractivity contribution is 6.04. The Kier molecular flexibility index (Phi) is 4.56. The molecule has 3 amide bonds. The van der Waals surface area contributed by atoms with Gasteiger partial charge in [0.1, 0.15) is 6.04 Å². The van der Waals surface area contributed by atoms with Gasteiger partial charge in [-0.05, 0) is 28.3 Å². The summed E-state index contributed by atoms with van der Waals surface area (Å²) in [6.07, 6.45) is 2.38. The third-order valence-corrected chi connectivity index (χ3v) is 5.61. The van der Waals surface area contributed by atoms with Crippen LogP contribution in [0, 0.1) is 0 Å². The highest BCUT2D eigenvalue weighted by atomic mass is 16.2. The molecule has 2 N–H and O–H groups in total. The van der Waals surface area contributed by atoms with Crippen LogP contribution >= 0.6 is 0 Å². The molecule has 0 saturated carbocycles. The van der Waals surface area contributed by atoms with Crippen LogP contribution in [0.15, 0.2) is 85.1 Å². The lowest BCUT2D eigenvalue weighted by Crippen LogP contribution is -2.32. The number of rotatable bonds is 5. The largest absolute Gasteiger partial charge is 0.361 e. The number of urea groups is 1. The first kappa shape index (κ1) is 18.2. The van der Waals surface area contributed by atoms with Gasteiger partial charge in [0.2, 0.25) is 0 Å². The van der Waals surface area contributed by atoms with E-state index in [1.54, 1.807) is 0 Å². The number of carbonyl (C=O) groups excluding carboxylic acids is 2. The molecule has 5 nitrogen and oxygen atoms in total. The lowest BCUT2D eigenvalue weighted by atomic mass is 10.0. The molecule has 1 atom stereocenters. The summed E-state index contributed by atoms with van der Waals surface area (Å²) in [6.45, 7) is 0.268. The lowest BCUT2D eigenvalue weighted by molar-refractivity contribution is -0.127. The summed E-state index contributed by atoms with van der Waals surface area (Å²) < 4.78 is 0. The molecule has 4 aromatic rings. The van der Waals surface area contributed by atoms with Crippen molar-refractivity contribution < 1.29 is 9.59 Å². The number of carbonyl (C=O) groups is 2. The molecule has 1 saturated heterocycles. The summed E-state index contributed by atoms with van der Waals surface area (Å²) >= 11 is 0. The third kappa shape index (κ3) is 3.35. The number of benzene rings is 3. The number of amides is 3. The number of aromatic amines is 1. The van der Waals surface area contributed by atoms with Crippen molar-refractivity contribution in [1.82, 2.24) is 15.2 Å². The number of para-hydroxylation sites is 1. The monoisotopic (exact) mass is 395 g/mol. The van der Waals surface area contributed by atoms with Crippen LogP contribution in [0.3, 0.4) is 0 Å². The van der Waals surface area contributed by atoms with Crippen molar-refractivity contribution in [2.75, 3.05) is 0 Å². The van der Waals surface area contributed by atoms with Gasteiger partial charge in [0, 0.05) is 23.5 Å². The molecule has 1 aliphatic rings. The van der Waals surface area contributed by atoms with E-state index in [0.29, 0.717) is 6.42 Å². The van der Waals surface area contributed by atoms with E-state index in [1.807, 2.05) is 72.9 Å². The molecule has 0 unspecified atom stereocenters. The van der Waals surface area contributed by atoms with Gasteiger partial charge in [-0.3, -0.25) is 9.69 Å². The zero-order chi connectivity index (χ0) is 20.5. The Hall–Kier alpha value is -3.86. The van der Waals surface area contributed by atoms with E-state index in [1.165, 1.54) is 4.90 Å². The summed E-state index contributed by atoms with van der Waals surface area (Å²) in [4.78, 5) is 29.9. The van der Waals surface area contributed by atoms with Gasteiger partial charge in [-0.25, -0.2) is 4.79 Å². The normalized spacial score (nSPS) is 16.3. The molecule has 3 aromatic carbocycles. The van der Waals surface area contributed by atoms with Crippen molar-refractivity contribution in [3.8, 4) is 11.1 Å². The fourth-order valence-electron chi connectivity index (χ4n) is 4.00. The predicted octanol–water partition coefficient (Wildman–Crippen LogP) is 4.50. The molecule has 0 aliphatic carbocycles. The Labute approximate surface area is 174 Å². The first-order valence-corrected chi connectivity index (χ1v) is 10.0. The highest BCUT2D eigenvalue weighted by Crippen LogP contribution is 2.23. The van der Waals surface area contributed by atoms with E-state index < -0.39 is 6.04 Å². The summed E-state index contributed by atoms with van der Waals surface area (Å²) in [7, 11) is 0. The minimum absolute atomic E-state index is 0.183. The van der Waals surface area contributed by atoms with Crippen LogP contribution in [0.2, 0.25) is 0 Å². The third-order valence-electron chi connectivity index (χ3n) is 5.61. The number of fused-ring (bicyclic) bond motifs is 1. The van der Waals surface area contributed by atoms with E-state index in [-0.39, 0.29) is 18.5 Å². The summed E-state index contributed by atoms with van der Waals surface area (Å²) in [5, 5.41) is 3.92. The average Bonchev–Trinajstić information content (AvgIpc) is 3.31. The van der Waals surface area contributed by atoms with Crippen LogP contribution in [0.5, 0.6) is 0 Å². The molecule has 30 heavy (non-hydrogen) atoms. The van der Waals surface area contributed by atoms with Crippen molar-refractivity contribution >= 4 is 22.8 Å². The fourth-order valence-corrected chi connectivity index (χ4v) is 4.00. The van der Waals surface area contributed by atoms with Crippen LogP contribution in [-0.4, -0.2) is 27.9 Å². The molecule has 148 valence electrons. The SMILES string of the molecule is O=C1N[C@@H](Cc2c[nH]c3ccccc23)C(=O)N1Cc1ccc(-c2ccccc2)cc1. The molecule has 1 fully saturated rings. The number of nitrogens with one attached hydrogen (secondary N) is 2. The van der Waals surface area contributed by atoms with Gasteiger partial charge in [-0.15, -0.1) is 0 Å². The Bertz CT molecular complexity index is 1210. The molecule has 5 rings (SSSR count). The van der Waals surface area contributed by atoms with Crippen molar-refractivity contribution in [2.24, 2.45) is 0 Å². The Morgan fingerprint density at radius 3 is 2.30 bits per heavy atom. The van der Waals surface area contributed by atoms with E-state index in [2.05, 4.69) is 22.4 Å². The van der Waals surface area contributed by atoms with Crippen molar-refractivity contribution in [2.45, 2.75) is 19.0 Å². The minimum atomic E-state index is -0.541. The zero-order valence-corrected chi connectivity index (χ0v) is 16.3. The Balaban J connectivity index is 1.30. The van der Waals surface area contributed by atoms with Crippen LogP contribution < -0.4 is 5.32 Å². The van der Waals surface area contributed by atoms with E-state index in [4.69, 9.17) is 0 Å². The number of hydrogen-bond donors (Lipinski definition) is 2. The van der Waals surface area contributed by atoms with Gasteiger partial charge in [0.25, 0.3) is 5.91 Å². The average molecular weight is 395 g/mol. The van der Waals surface area contributed by atoms with Gasteiger partial charge < -0.3 is 10.3 Å². The number of H-pyrrole nitrogens is 1. The number of nitrogens with zero attached hydrogens (tertiary/aromatic N) is 1. The van der Waals surface area contributed by atoms with E-state index >= 15 is 0 Å². The molecular formula is C25H21N3O2. The number of imide groups is 1. The molecule has 0 bridgehead atoms. The molecule has 5 heteroatoms. The van der Waals surface area contributed by atoms with Crippen LogP contribution in [0.4, 0.5) is 4.79 Å². The Morgan fingerprint density at radius 2 is 1.50 bits per heavy atom. The molecule has 2 heterocycles. The lowest BCUT2D eigenvalue weighted by Gasteiger charge is -2.13. The summed E-state index contributed by atoms with van der Waals surface area (Å²) in [6, 6.07) is 25.2. The molecular weight excluding hydrogens is 374 g/mol. The van der Waals surface area contributed by atoms with Gasteiger partial charge in [0.15, 0.2) is 0 Å². The van der Waals surface area contributed by atoms with Gasteiger partial charge in [-0.2, -0.15) is 0 Å². The molecule has 0 radical (unpaired) electrons. The summed E-state index contributed by atoms with van der Waals surface area (Å²) in [5.74, 6) is -0.183. The van der Waals surface area contributed by atoms with Gasteiger partial charge in [-0.1, -0.05) is 72.8 Å². The maximum absolute atomic E-state index is 12.9. The van der Waals surface area contributed by atoms with Gasteiger partial charge >= 0.3 is 6.03 Å². The highest BCUT2D eigenvalue weighted by Gasteiger charge is 2.38. The second kappa shape index (κ2) is 7.52. The first-order valence-electron chi connectivity index (χ1n) is 10.0. The molecule has 1 aliphatic heterocycles. The quantitative estimate of drug-likeness (QED) is 0.489. The second-order valence-electron chi connectivity index (χ2n) is 7.55. The summed E-state index contributed by atoms with van der Waals surface area (Å²) in [5.41, 5.74) is 5.22. The minimum Gasteiger partial charge on any atom is -0.361 e. The maximum atomic E-state index is 12.9. The predicted molar refractivity (Wildman–Crippen MR) is 117 cm³/mol.